The van der Waals surface area contributed by atoms with Crippen molar-refractivity contribution in [2.75, 3.05) is 18.6 Å². The molecule has 3 aromatic carbocycles. The molecule has 42 heavy (non-hydrogen) atoms. The molecule has 3 heterocycles. The highest BCUT2D eigenvalue weighted by molar-refractivity contribution is 7.07. The fourth-order valence-electron chi connectivity index (χ4n) is 5.40. The number of anilines is 1. The number of benzene rings is 3. The summed E-state index contributed by atoms with van der Waals surface area (Å²) in [5.41, 5.74) is 3.43. The number of ether oxygens (including phenoxy) is 2. The summed E-state index contributed by atoms with van der Waals surface area (Å²) < 4.78 is 12.4. The number of carbonyl (C=O) groups is 2. The minimum Gasteiger partial charge on any atom is -0.497 e. The lowest BCUT2D eigenvalue weighted by Crippen LogP contribution is -2.41. The van der Waals surface area contributed by atoms with Gasteiger partial charge in [-0.05, 0) is 49.2 Å². The zero-order valence-electron chi connectivity index (χ0n) is 23.1. The van der Waals surface area contributed by atoms with Gasteiger partial charge < -0.3 is 14.4 Å². The zero-order valence-corrected chi connectivity index (χ0v) is 24.7. The first kappa shape index (κ1) is 27.7. The van der Waals surface area contributed by atoms with E-state index in [4.69, 9.17) is 21.1 Å². The number of methoxy groups -OCH3 is 1. The van der Waals surface area contributed by atoms with Gasteiger partial charge in [0.1, 0.15) is 10.3 Å². The molecular formula is C32H26ClN3O5S. The second kappa shape index (κ2) is 11.1. The van der Waals surface area contributed by atoms with Gasteiger partial charge in [-0.2, -0.15) is 0 Å². The molecular weight excluding hydrogens is 574 g/mol. The van der Waals surface area contributed by atoms with Gasteiger partial charge in [0.25, 0.3) is 11.5 Å². The highest BCUT2D eigenvalue weighted by Gasteiger charge is 2.37. The number of thiazole rings is 1. The maximum absolute atomic E-state index is 14.3. The number of hydrogen-bond donors (Lipinski definition) is 0. The summed E-state index contributed by atoms with van der Waals surface area (Å²) in [7, 11) is 1.57. The molecule has 8 nitrogen and oxygen atoms in total. The van der Waals surface area contributed by atoms with E-state index in [1.807, 2.05) is 54.6 Å². The second-order valence-electron chi connectivity index (χ2n) is 9.77. The van der Waals surface area contributed by atoms with Crippen LogP contribution in [0.25, 0.3) is 5.57 Å². The monoisotopic (exact) mass is 599 g/mol. The Hall–Kier alpha value is -4.47. The van der Waals surface area contributed by atoms with Gasteiger partial charge in [-0.15, -0.1) is 0 Å². The van der Waals surface area contributed by atoms with Crippen molar-refractivity contribution in [3.8, 4) is 5.75 Å². The minimum absolute atomic E-state index is 0.173. The van der Waals surface area contributed by atoms with Crippen LogP contribution in [-0.4, -0.2) is 30.2 Å². The summed E-state index contributed by atoms with van der Waals surface area (Å²) in [5.74, 6) is -0.215. The summed E-state index contributed by atoms with van der Waals surface area (Å²) in [6.07, 6.45) is 0. The molecule has 0 N–H and O–H groups in total. The number of carbonyl (C=O) groups excluding carboxylic acids is 2. The molecule has 4 aromatic rings. The van der Waals surface area contributed by atoms with Gasteiger partial charge >= 0.3 is 5.97 Å². The first-order valence-electron chi connectivity index (χ1n) is 13.3. The molecule has 2 aliphatic heterocycles. The van der Waals surface area contributed by atoms with E-state index in [9.17, 15) is 14.4 Å². The number of nitrogens with zero attached hydrogens (tertiary/aromatic N) is 3. The number of hydrogen-bond acceptors (Lipinski definition) is 7. The van der Waals surface area contributed by atoms with Crippen LogP contribution in [-0.2, 0) is 20.9 Å². The van der Waals surface area contributed by atoms with Gasteiger partial charge in [-0.25, -0.2) is 9.79 Å². The first-order valence-corrected chi connectivity index (χ1v) is 14.5. The molecule has 0 saturated heterocycles. The van der Waals surface area contributed by atoms with Crippen molar-refractivity contribution in [3.05, 3.63) is 125 Å². The zero-order chi connectivity index (χ0) is 29.5. The molecule has 1 aromatic heterocycles. The molecule has 2 aliphatic rings. The van der Waals surface area contributed by atoms with Crippen LogP contribution in [0.3, 0.4) is 0 Å². The smallest absolute Gasteiger partial charge is 0.338 e. The van der Waals surface area contributed by atoms with E-state index in [1.165, 1.54) is 4.57 Å². The van der Waals surface area contributed by atoms with Crippen LogP contribution in [0.1, 0.15) is 36.6 Å². The Morgan fingerprint density at radius 1 is 1.02 bits per heavy atom. The summed E-state index contributed by atoms with van der Waals surface area (Å²) >= 11 is 7.57. The summed E-state index contributed by atoms with van der Waals surface area (Å²) in [6, 6.07) is 21.1. The fourth-order valence-corrected chi connectivity index (χ4v) is 6.73. The normalized spacial score (nSPS) is 17.1. The molecule has 0 spiro atoms. The SMILES string of the molecule is CCOC(=O)C1=C(C)N=c2s/c(=C3\C(=O)N(Cc4ccccc4Cl)c4ccccc43)c(=O)n2[C@H]1c1ccc(OC)cc1. The average molecular weight is 600 g/mol. The van der Waals surface area contributed by atoms with Crippen molar-refractivity contribution in [3.63, 3.8) is 0 Å². The molecule has 0 fully saturated rings. The van der Waals surface area contributed by atoms with Crippen molar-refractivity contribution in [1.82, 2.24) is 4.57 Å². The Morgan fingerprint density at radius 3 is 2.45 bits per heavy atom. The van der Waals surface area contributed by atoms with Crippen LogP contribution in [0.5, 0.6) is 5.75 Å². The number of para-hydroxylation sites is 1. The Labute approximate surface area is 250 Å². The third-order valence-corrected chi connectivity index (χ3v) is 8.78. The van der Waals surface area contributed by atoms with Crippen LogP contribution in [0.15, 0.2) is 93.9 Å². The number of aromatic nitrogens is 1. The lowest BCUT2D eigenvalue weighted by atomic mass is 9.96. The molecule has 0 saturated carbocycles. The minimum atomic E-state index is -0.800. The molecule has 10 heteroatoms. The number of fused-ring (bicyclic) bond motifs is 2. The predicted octanol–water partition coefficient (Wildman–Crippen LogP) is 4.38. The lowest BCUT2D eigenvalue weighted by molar-refractivity contribution is -0.139. The van der Waals surface area contributed by atoms with E-state index in [0.717, 1.165) is 16.9 Å². The van der Waals surface area contributed by atoms with Crippen molar-refractivity contribution in [1.29, 1.82) is 0 Å². The number of halogens is 1. The third-order valence-electron chi connectivity index (χ3n) is 7.36. The highest BCUT2D eigenvalue weighted by atomic mass is 35.5. The Morgan fingerprint density at radius 2 is 1.74 bits per heavy atom. The van der Waals surface area contributed by atoms with Crippen molar-refractivity contribution < 1.29 is 19.1 Å². The van der Waals surface area contributed by atoms with Crippen LogP contribution in [0.4, 0.5) is 5.69 Å². The maximum Gasteiger partial charge on any atom is 0.338 e. The van der Waals surface area contributed by atoms with Gasteiger partial charge in [0.15, 0.2) is 4.80 Å². The largest absolute Gasteiger partial charge is 0.497 e. The van der Waals surface area contributed by atoms with Gasteiger partial charge in [0, 0.05) is 10.6 Å². The van der Waals surface area contributed by atoms with Crippen LogP contribution < -0.4 is 24.5 Å². The maximum atomic E-state index is 14.3. The molecule has 0 radical (unpaired) electrons. The quantitative estimate of drug-likeness (QED) is 0.307. The summed E-state index contributed by atoms with van der Waals surface area (Å²) in [4.78, 5) is 48.3. The van der Waals surface area contributed by atoms with Crippen molar-refractivity contribution in [2.45, 2.75) is 26.4 Å². The molecule has 212 valence electrons. The van der Waals surface area contributed by atoms with Gasteiger partial charge in [0.05, 0.1) is 48.8 Å². The molecule has 1 atom stereocenters. The number of esters is 1. The predicted molar refractivity (Wildman–Crippen MR) is 161 cm³/mol. The van der Waals surface area contributed by atoms with E-state index in [0.29, 0.717) is 43.7 Å². The fraction of sp³-hybridized carbons (Fsp3) is 0.188. The second-order valence-corrected chi connectivity index (χ2v) is 11.2. The van der Waals surface area contributed by atoms with E-state index < -0.39 is 17.6 Å². The van der Waals surface area contributed by atoms with Crippen molar-refractivity contribution >= 4 is 46.1 Å². The van der Waals surface area contributed by atoms with E-state index in [2.05, 4.69) is 4.99 Å². The first-order chi connectivity index (χ1) is 20.3. The Balaban J connectivity index is 1.57. The van der Waals surface area contributed by atoms with Crippen LogP contribution in [0.2, 0.25) is 5.02 Å². The van der Waals surface area contributed by atoms with Crippen LogP contribution >= 0.6 is 22.9 Å². The number of allylic oxidation sites excluding steroid dienone is 1. The topological polar surface area (TPSA) is 90.2 Å². The van der Waals surface area contributed by atoms with E-state index >= 15 is 0 Å². The lowest BCUT2D eigenvalue weighted by Gasteiger charge is -2.24. The molecule has 0 aliphatic carbocycles. The molecule has 0 bridgehead atoms. The molecule has 1 amide bonds. The van der Waals surface area contributed by atoms with Crippen molar-refractivity contribution in [2.24, 2.45) is 4.99 Å². The number of amides is 1. The standard InChI is InChI=1S/C32H26ClN3O5S/c1-4-41-31(39)25-18(2)34-32-36(27(25)19-13-15-21(40-3)16-14-19)30(38)28(42-32)26-22-10-6-8-12-24(22)35(29(26)37)17-20-9-5-7-11-23(20)33/h5-16,27H,4,17H2,1-3H3/b28-26-/t27-/m0/s1. The summed E-state index contributed by atoms with van der Waals surface area (Å²) in [5, 5.41) is 0.553. The van der Waals surface area contributed by atoms with Gasteiger partial charge in [0.2, 0.25) is 0 Å². The summed E-state index contributed by atoms with van der Waals surface area (Å²) in [6.45, 7) is 3.87. The highest BCUT2D eigenvalue weighted by Crippen LogP contribution is 2.37. The number of rotatable bonds is 6. The van der Waals surface area contributed by atoms with E-state index in [-0.39, 0.29) is 29.2 Å². The Kier molecular flexibility index (Phi) is 7.30. The molecule has 0 unspecified atom stereocenters. The average Bonchev–Trinajstić information content (AvgIpc) is 3.45. The molecule has 6 rings (SSSR count). The Bertz CT molecular complexity index is 1960. The third kappa shape index (κ3) is 4.55. The van der Waals surface area contributed by atoms with Gasteiger partial charge in [-0.1, -0.05) is 71.5 Å². The van der Waals surface area contributed by atoms with Gasteiger partial charge in [-0.3, -0.25) is 14.2 Å². The van der Waals surface area contributed by atoms with Crippen LogP contribution in [0, 0.1) is 0 Å². The van der Waals surface area contributed by atoms with E-state index in [1.54, 1.807) is 44.1 Å².